The number of hydrogen-bond acceptors (Lipinski definition) is 2. The molecule has 16 heavy (non-hydrogen) atoms. The third-order valence-electron chi connectivity index (χ3n) is 3.23. The minimum atomic E-state index is 0.0113. The average Bonchev–Trinajstić information content (AvgIpc) is 2.23. The molecule has 2 rings (SSSR count). The number of amides is 1. The molecule has 1 heterocycles. The Kier molecular flexibility index (Phi) is 2.80. The molecule has 0 spiro atoms. The fraction of sp³-hybridized carbons (Fsp3) is 0.417. The van der Waals surface area contributed by atoms with Gasteiger partial charge >= 0.3 is 0 Å². The van der Waals surface area contributed by atoms with Crippen LogP contribution in [-0.4, -0.2) is 17.4 Å². The van der Waals surface area contributed by atoms with Gasteiger partial charge in [0.1, 0.15) is 0 Å². The van der Waals surface area contributed by atoms with Crippen LogP contribution < -0.4 is 5.73 Å². The lowest BCUT2D eigenvalue weighted by molar-refractivity contribution is -0.131. The van der Waals surface area contributed by atoms with Crippen LogP contribution in [0.1, 0.15) is 31.0 Å². The Morgan fingerprint density at radius 3 is 2.88 bits per heavy atom. The number of anilines is 1. The third-order valence-corrected chi connectivity index (χ3v) is 3.56. The summed E-state index contributed by atoms with van der Waals surface area (Å²) in [7, 11) is 0. The Labute approximate surface area is 100 Å². The monoisotopic (exact) mass is 238 g/mol. The Morgan fingerprint density at radius 1 is 1.56 bits per heavy atom. The first kappa shape index (κ1) is 11.3. The highest BCUT2D eigenvalue weighted by Gasteiger charge is 2.28. The van der Waals surface area contributed by atoms with E-state index in [1.165, 1.54) is 0 Å². The van der Waals surface area contributed by atoms with Gasteiger partial charge in [-0.3, -0.25) is 4.79 Å². The van der Waals surface area contributed by atoms with Gasteiger partial charge in [-0.1, -0.05) is 11.6 Å². The van der Waals surface area contributed by atoms with E-state index in [2.05, 4.69) is 0 Å². The number of nitrogen functional groups attached to an aromatic ring is 1. The summed E-state index contributed by atoms with van der Waals surface area (Å²) in [5, 5.41) is 0.697. The molecule has 1 aromatic carbocycles. The molecule has 3 nitrogen and oxygen atoms in total. The van der Waals surface area contributed by atoms with E-state index in [9.17, 15) is 4.79 Å². The van der Waals surface area contributed by atoms with Crippen LogP contribution in [0.4, 0.5) is 5.69 Å². The highest BCUT2D eigenvalue weighted by atomic mass is 35.5. The first-order valence-electron chi connectivity index (χ1n) is 5.36. The second kappa shape index (κ2) is 3.98. The maximum atomic E-state index is 11.5. The summed E-state index contributed by atoms with van der Waals surface area (Å²) in [5.41, 5.74) is 8.80. The molecule has 4 heteroatoms. The molecular weight excluding hydrogens is 224 g/mol. The Morgan fingerprint density at radius 2 is 2.25 bits per heavy atom. The van der Waals surface area contributed by atoms with Gasteiger partial charge in [0, 0.05) is 24.2 Å². The van der Waals surface area contributed by atoms with E-state index < -0.39 is 0 Å². The molecule has 1 atom stereocenters. The summed E-state index contributed by atoms with van der Waals surface area (Å²) in [6.45, 7) is 4.29. The first-order chi connectivity index (χ1) is 7.52. The number of nitrogens with zero attached hydrogens (tertiary/aromatic N) is 1. The normalized spacial score (nSPS) is 19.4. The lowest BCUT2D eigenvalue weighted by Gasteiger charge is -2.35. The van der Waals surface area contributed by atoms with Gasteiger partial charge in [-0.2, -0.15) is 0 Å². The zero-order valence-corrected chi connectivity index (χ0v) is 10.2. The minimum Gasteiger partial charge on any atom is -0.398 e. The van der Waals surface area contributed by atoms with Crippen molar-refractivity contribution >= 4 is 23.2 Å². The molecule has 1 aromatic rings. The van der Waals surface area contributed by atoms with Gasteiger partial charge in [-0.25, -0.2) is 0 Å². The van der Waals surface area contributed by atoms with Crippen LogP contribution >= 0.6 is 11.6 Å². The summed E-state index contributed by atoms with van der Waals surface area (Å²) in [5.74, 6) is 0.0802. The maximum absolute atomic E-state index is 11.5. The lowest BCUT2D eigenvalue weighted by Crippen LogP contribution is -2.37. The van der Waals surface area contributed by atoms with Gasteiger partial charge in [-0.05, 0) is 36.6 Å². The van der Waals surface area contributed by atoms with Crippen LogP contribution in [0.15, 0.2) is 12.1 Å². The number of hydrogen-bond donors (Lipinski definition) is 1. The largest absolute Gasteiger partial charge is 0.398 e. The Bertz CT molecular complexity index is 445. The summed E-state index contributed by atoms with van der Waals surface area (Å²) in [6.07, 6.45) is 0.783. The van der Waals surface area contributed by atoms with E-state index in [-0.39, 0.29) is 11.9 Å². The molecule has 86 valence electrons. The van der Waals surface area contributed by atoms with Crippen molar-refractivity contribution in [2.24, 2.45) is 0 Å². The molecule has 0 radical (unpaired) electrons. The first-order valence-corrected chi connectivity index (χ1v) is 5.74. The fourth-order valence-electron chi connectivity index (χ4n) is 2.40. The maximum Gasteiger partial charge on any atom is 0.219 e. The van der Waals surface area contributed by atoms with Gasteiger partial charge in [0.25, 0.3) is 0 Å². The molecule has 0 fully saturated rings. The SMILES string of the molecule is CC(=O)N1CCc2c(N)ccc(Cl)c2C1C. The number of nitrogens with two attached hydrogens (primary N) is 1. The van der Waals surface area contributed by atoms with Gasteiger partial charge in [0.05, 0.1) is 6.04 Å². The Hall–Kier alpha value is -1.22. The van der Waals surface area contributed by atoms with E-state index in [0.29, 0.717) is 11.6 Å². The van der Waals surface area contributed by atoms with Gasteiger partial charge in [-0.15, -0.1) is 0 Å². The van der Waals surface area contributed by atoms with E-state index in [1.54, 1.807) is 13.0 Å². The van der Waals surface area contributed by atoms with E-state index in [1.807, 2.05) is 17.9 Å². The average molecular weight is 239 g/mol. The number of fused-ring (bicyclic) bond motifs is 1. The van der Waals surface area contributed by atoms with Crippen molar-refractivity contribution in [1.82, 2.24) is 4.90 Å². The summed E-state index contributed by atoms with van der Waals surface area (Å²) in [4.78, 5) is 13.3. The van der Waals surface area contributed by atoms with Gasteiger partial charge in [0.15, 0.2) is 0 Å². The minimum absolute atomic E-state index is 0.0113. The smallest absolute Gasteiger partial charge is 0.219 e. The zero-order chi connectivity index (χ0) is 11.9. The van der Waals surface area contributed by atoms with Crippen molar-refractivity contribution in [3.05, 3.63) is 28.3 Å². The lowest BCUT2D eigenvalue weighted by atomic mass is 9.92. The molecular formula is C12H15ClN2O. The van der Waals surface area contributed by atoms with Crippen LogP contribution in [-0.2, 0) is 11.2 Å². The predicted molar refractivity (Wildman–Crippen MR) is 65.4 cm³/mol. The van der Waals surface area contributed by atoms with Gasteiger partial charge < -0.3 is 10.6 Å². The molecule has 2 N–H and O–H groups in total. The zero-order valence-electron chi connectivity index (χ0n) is 9.46. The predicted octanol–water partition coefficient (Wildman–Crippen LogP) is 2.39. The van der Waals surface area contributed by atoms with Crippen molar-refractivity contribution in [3.63, 3.8) is 0 Å². The molecule has 0 saturated carbocycles. The standard InChI is InChI=1S/C12H15ClN2O/c1-7-12-9(5-6-15(7)8(2)16)11(14)4-3-10(12)13/h3-4,7H,5-6,14H2,1-2H3. The van der Waals surface area contributed by atoms with Crippen LogP contribution in [0.25, 0.3) is 0 Å². The van der Waals surface area contributed by atoms with Crippen molar-refractivity contribution in [2.75, 3.05) is 12.3 Å². The molecule has 0 aliphatic carbocycles. The molecule has 1 amide bonds. The topological polar surface area (TPSA) is 46.3 Å². The molecule has 0 saturated heterocycles. The van der Waals surface area contributed by atoms with Crippen LogP contribution in [0, 0.1) is 0 Å². The summed E-state index contributed by atoms with van der Waals surface area (Å²) in [6, 6.07) is 3.64. The molecule has 1 unspecified atom stereocenters. The van der Waals surface area contributed by atoms with Crippen LogP contribution in [0.3, 0.4) is 0 Å². The second-order valence-corrected chi connectivity index (χ2v) is 4.57. The highest BCUT2D eigenvalue weighted by Crippen LogP contribution is 2.37. The molecule has 0 bridgehead atoms. The van der Waals surface area contributed by atoms with Crippen molar-refractivity contribution in [1.29, 1.82) is 0 Å². The van der Waals surface area contributed by atoms with Gasteiger partial charge in [0.2, 0.25) is 5.91 Å². The number of benzene rings is 1. The van der Waals surface area contributed by atoms with E-state index in [0.717, 1.165) is 23.2 Å². The highest BCUT2D eigenvalue weighted by molar-refractivity contribution is 6.31. The quantitative estimate of drug-likeness (QED) is 0.706. The number of carbonyl (C=O) groups excluding carboxylic acids is 1. The van der Waals surface area contributed by atoms with Crippen LogP contribution in [0.2, 0.25) is 5.02 Å². The second-order valence-electron chi connectivity index (χ2n) is 4.17. The van der Waals surface area contributed by atoms with Crippen molar-refractivity contribution < 1.29 is 4.79 Å². The van der Waals surface area contributed by atoms with E-state index >= 15 is 0 Å². The summed E-state index contributed by atoms with van der Waals surface area (Å²) >= 11 is 6.19. The third kappa shape index (κ3) is 1.65. The molecule has 1 aliphatic heterocycles. The number of carbonyl (C=O) groups is 1. The Balaban J connectivity index is 2.52. The van der Waals surface area contributed by atoms with Crippen LogP contribution in [0.5, 0.6) is 0 Å². The molecule has 1 aliphatic rings. The molecule has 0 aromatic heterocycles. The number of halogens is 1. The fourth-order valence-corrected chi connectivity index (χ4v) is 2.73. The van der Waals surface area contributed by atoms with E-state index in [4.69, 9.17) is 17.3 Å². The summed E-state index contributed by atoms with van der Waals surface area (Å²) < 4.78 is 0. The van der Waals surface area contributed by atoms with Crippen molar-refractivity contribution in [2.45, 2.75) is 26.3 Å². The van der Waals surface area contributed by atoms with Crippen molar-refractivity contribution in [3.8, 4) is 0 Å². The number of rotatable bonds is 0.